The monoisotopic (exact) mass is 246 g/mol. The first-order chi connectivity index (χ1) is 8.81. The number of carbonyl (C=O) groups excluding carboxylic acids is 1. The van der Waals surface area contributed by atoms with Gasteiger partial charge in [-0.05, 0) is 37.0 Å². The van der Waals surface area contributed by atoms with Gasteiger partial charge < -0.3 is 15.0 Å². The Labute approximate surface area is 107 Å². The number of nitrogens with zero attached hydrogens (tertiary/aromatic N) is 1. The zero-order chi connectivity index (χ0) is 12.4. The molecule has 18 heavy (non-hydrogen) atoms. The number of nitrogens with one attached hydrogen (secondary N) is 1. The molecule has 1 amide bonds. The molecule has 4 heteroatoms. The minimum Gasteiger partial charge on any atom is -0.447 e. The minimum atomic E-state index is -0.298. The van der Waals surface area contributed by atoms with Gasteiger partial charge in [0.1, 0.15) is 6.61 Å². The maximum Gasteiger partial charge on any atom is 0.407 e. The second kappa shape index (κ2) is 4.88. The molecule has 1 N–H and O–H groups in total. The molecule has 0 radical (unpaired) electrons. The second-order valence-corrected chi connectivity index (χ2v) is 5.00. The SMILES string of the molecule is O=C1NC(Cc2ccc(N3CCCC3)cc2)CO1. The maximum atomic E-state index is 10.9. The van der Waals surface area contributed by atoms with Crippen LogP contribution in [-0.2, 0) is 11.2 Å². The van der Waals surface area contributed by atoms with E-state index in [-0.39, 0.29) is 12.1 Å². The van der Waals surface area contributed by atoms with Crippen LogP contribution in [0.3, 0.4) is 0 Å². The van der Waals surface area contributed by atoms with Crippen LogP contribution in [0.5, 0.6) is 0 Å². The van der Waals surface area contributed by atoms with Crippen molar-refractivity contribution in [2.24, 2.45) is 0 Å². The topological polar surface area (TPSA) is 41.6 Å². The normalized spacial score (nSPS) is 23.0. The lowest BCUT2D eigenvalue weighted by molar-refractivity contribution is 0.177. The molecule has 3 rings (SSSR count). The molecule has 0 aliphatic carbocycles. The van der Waals surface area contributed by atoms with Crippen molar-refractivity contribution in [2.45, 2.75) is 25.3 Å². The fourth-order valence-electron chi connectivity index (χ4n) is 2.64. The van der Waals surface area contributed by atoms with Crippen LogP contribution in [0.25, 0.3) is 0 Å². The molecular weight excluding hydrogens is 228 g/mol. The van der Waals surface area contributed by atoms with E-state index in [9.17, 15) is 4.79 Å². The molecule has 4 nitrogen and oxygen atoms in total. The summed E-state index contributed by atoms with van der Waals surface area (Å²) < 4.78 is 4.88. The third-order valence-corrected chi connectivity index (χ3v) is 3.63. The van der Waals surface area contributed by atoms with E-state index in [0.29, 0.717) is 6.61 Å². The first-order valence-corrected chi connectivity index (χ1v) is 6.58. The molecule has 96 valence electrons. The van der Waals surface area contributed by atoms with Crippen LogP contribution in [0.1, 0.15) is 18.4 Å². The average molecular weight is 246 g/mol. The van der Waals surface area contributed by atoms with Gasteiger partial charge in [0.05, 0.1) is 6.04 Å². The Bertz CT molecular complexity index is 424. The molecule has 0 bridgehead atoms. The summed E-state index contributed by atoms with van der Waals surface area (Å²) in [5.74, 6) is 0. The Hall–Kier alpha value is -1.71. The molecule has 2 heterocycles. The summed E-state index contributed by atoms with van der Waals surface area (Å²) in [7, 11) is 0. The number of hydrogen-bond acceptors (Lipinski definition) is 3. The lowest BCUT2D eigenvalue weighted by Gasteiger charge is -2.18. The van der Waals surface area contributed by atoms with Crippen molar-refractivity contribution in [1.82, 2.24) is 5.32 Å². The van der Waals surface area contributed by atoms with Crippen LogP contribution in [0.2, 0.25) is 0 Å². The minimum absolute atomic E-state index is 0.120. The summed E-state index contributed by atoms with van der Waals surface area (Å²) in [5.41, 5.74) is 2.55. The molecule has 2 fully saturated rings. The first-order valence-electron chi connectivity index (χ1n) is 6.58. The van der Waals surface area contributed by atoms with E-state index in [2.05, 4.69) is 34.5 Å². The summed E-state index contributed by atoms with van der Waals surface area (Å²) in [6.45, 7) is 2.82. The number of rotatable bonds is 3. The fourth-order valence-corrected chi connectivity index (χ4v) is 2.64. The van der Waals surface area contributed by atoms with Gasteiger partial charge >= 0.3 is 6.09 Å². The smallest absolute Gasteiger partial charge is 0.407 e. The molecule has 1 unspecified atom stereocenters. The van der Waals surface area contributed by atoms with Crippen molar-refractivity contribution in [1.29, 1.82) is 0 Å². The van der Waals surface area contributed by atoms with E-state index in [4.69, 9.17) is 4.74 Å². The Morgan fingerprint density at radius 2 is 1.94 bits per heavy atom. The molecule has 1 aromatic rings. The number of cyclic esters (lactones) is 1. The van der Waals surface area contributed by atoms with Gasteiger partial charge in [-0.15, -0.1) is 0 Å². The van der Waals surface area contributed by atoms with Gasteiger partial charge in [0.2, 0.25) is 0 Å². The number of amides is 1. The molecule has 2 aliphatic heterocycles. The summed E-state index contributed by atoms with van der Waals surface area (Å²) in [6, 6.07) is 8.78. The summed E-state index contributed by atoms with van der Waals surface area (Å²) in [6.07, 6.45) is 3.14. The highest BCUT2D eigenvalue weighted by atomic mass is 16.6. The lowest BCUT2D eigenvalue weighted by Crippen LogP contribution is -2.28. The van der Waals surface area contributed by atoms with E-state index < -0.39 is 0 Å². The largest absolute Gasteiger partial charge is 0.447 e. The molecule has 1 atom stereocenters. The lowest BCUT2D eigenvalue weighted by atomic mass is 10.1. The third-order valence-electron chi connectivity index (χ3n) is 3.63. The van der Waals surface area contributed by atoms with Crippen molar-refractivity contribution in [3.05, 3.63) is 29.8 Å². The number of hydrogen-bond donors (Lipinski definition) is 1. The second-order valence-electron chi connectivity index (χ2n) is 5.00. The predicted octanol–water partition coefficient (Wildman–Crippen LogP) is 1.94. The quantitative estimate of drug-likeness (QED) is 0.886. The number of carbonyl (C=O) groups is 1. The van der Waals surface area contributed by atoms with Crippen LogP contribution in [0, 0.1) is 0 Å². The van der Waals surface area contributed by atoms with Crippen LogP contribution in [0.4, 0.5) is 10.5 Å². The fraction of sp³-hybridized carbons (Fsp3) is 0.500. The third kappa shape index (κ3) is 2.42. The summed E-state index contributed by atoms with van der Waals surface area (Å²) in [5, 5.41) is 2.80. The Balaban J connectivity index is 1.62. The Kier molecular flexibility index (Phi) is 3.09. The highest BCUT2D eigenvalue weighted by Gasteiger charge is 2.22. The molecule has 0 spiro atoms. The van der Waals surface area contributed by atoms with E-state index >= 15 is 0 Å². The van der Waals surface area contributed by atoms with Crippen molar-refractivity contribution in [3.8, 4) is 0 Å². The van der Waals surface area contributed by atoms with E-state index in [0.717, 1.165) is 6.42 Å². The molecule has 1 aromatic carbocycles. The molecule has 2 aliphatic rings. The van der Waals surface area contributed by atoms with Gasteiger partial charge in [-0.3, -0.25) is 0 Å². The highest BCUT2D eigenvalue weighted by molar-refractivity contribution is 5.69. The Morgan fingerprint density at radius 3 is 2.56 bits per heavy atom. The van der Waals surface area contributed by atoms with Gasteiger partial charge in [-0.1, -0.05) is 12.1 Å². The molecule has 0 saturated carbocycles. The van der Waals surface area contributed by atoms with Crippen molar-refractivity contribution >= 4 is 11.8 Å². The van der Waals surface area contributed by atoms with Crippen molar-refractivity contribution in [3.63, 3.8) is 0 Å². The summed E-state index contributed by atoms with van der Waals surface area (Å²) in [4.78, 5) is 13.4. The first kappa shape index (κ1) is 11.4. The van der Waals surface area contributed by atoms with Crippen molar-refractivity contribution in [2.75, 3.05) is 24.6 Å². The van der Waals surface area contributed by atoms with Gasteiger partial charge in [0.25, 0.3) is 0 Å². The maximum absolute atomic E-state index is 10.9. The zero-order valence-electron chi connectivity index (χ0n) is 10.4. The molecule has 0 aromatic heterocycles. The number of benzene rings is 1. The molecule has 2 saturated heterocycles. The number of alkyl carbamates (subject to hydrolysis) is 1. The van der Waals surface area contributed by atoms with Gasteiger partial charge in [0.15, 0.2) is 0 Å². The van der Waals surface area contributed by atoms with Crippen LogP contribution in [-0.4, -0.2) is 31.8 Å². The zero-order valence-corrected chi connectivity index (χ0v) is 10.4. The van der Waals surface area contributed by atoms with Gasteiger partial charge in [0, 0.05) is 18.8 Å². The van der Waals surface area contributed by atoms with E-state index in [1.807, 2.05) is 0 Å². The number of ether oxygens (including phenoxy) is 1. The summed E-state index contributed by atoms with van der Waals surface area (Å²) >= 11 is 0. The predicted molar refractivity (Wildman–Crippen MR) is 69.9 cm³/mol. The van der Waals surface area contributed by atoms with E-state index in [1.165, 1.54) is 37.2 Å². The van der Waals surface area contributed by atoms with E-state index in [1.54, 1.807) is 0 Å². The van der Waals surface area contributed by atoms with Gasteiger partial charge in [-0.25, -0.2) is 4.79 Å². The van der Waals surface area contributed by atoms with Crippen LogP contribution in [0.15, 0.2) is 24.3 Å². The van der Waals surface area contributed by atoms with Gasteiger partial charge in [-0.2, -0.15) is 0 Å². The Morgan fingerprint density at radius 1 is 1.22 bits per heavy atom. The molecular formula is C14H18N2O2. The average Bonchev–Trinajstić information content (AvgIpc) is 3.02. The van der Waals surface area contributed by atoms with Crippen molar-refractivity contribution < 1.29 is 9.53 Å². The number of anilines is 1. The van der Waals surface area contributed by atoms with Crippen LogP contribution >= 0.6 is 0 Å². The highest BCUT2D eigenvalue weighted by Crippen LogP contribution is 2.21. The standard InChI is InChI=1S/C14H18N2O2/c17-14-15-12(10-18-14)9-11-3-5-13(6-4-11)16-7-1-2-8-16/h3-6,12H,1-2,7-10H2,(H,15,17). The van der Waals surface area contributed by atoms with Crippen LogP contribution < -0.4 is 10.2 Å².